The van der Waals surface area contributed by atoms with E-state index >= 15 is 0 Å². The summed E-state index contributed by atoms with van der Waals surface area (Å²) in [5.41, 5.74) is 0.754. The molecule has 2 amide bonds. The van der Waals surface area contributed by atoms with Gasteiger partial charge in [0, 0.05) is 5.56 Å². The molecule has 2 rings (SSSR count). The van der Waals surface area contributed by atoms with Gasteiger partial charge in [-0.15, -0.1) is 11.3 Å². The van der Waals surface area contributed by atoms with Gasteiger partial charge in [0.05, 0.1) is 16.6 Å². The third-order valence-electron chi connectivity index (χ3n) is 2.19. The lowest BCUT2D eigenvalue weighted by atomic mass is 10.2. The minimum absolute atomic E-state index is 0.266. The van der Waals surface area contributed by atoms with E-state index < -0.39 is 0 Å². The Bertz CT molecular complexity index is 614. The van der Waals surface area contributed by atoms with Crippen LogP contribution in [0.1, 0.15) is 5.56 Å². The smallest absolute Gasteiger partial charge is 0.320 e. The van der Waals surface area contributed by atoms with Gasteiger partial charge in [-0.05, 0) is 29.6 Å². The lowest BCUT2D eigenvalue weighted by Gasteiger charge is -2.01. The maximum absolute atomic E-state index is 11.5. The molecular formula is C14H11ClN2OS. The molecule has 0 atom stereocenters. The van der Waals surface area contributed by atoms with Crippen molar-refractivity contribution in [3.8, 4) is 11.8 Å². The van der Waals surface area contributed by atoms with Crippen molar-refractivity contribution in [3.63, 3.8) is 0 Å². The van der Waals surface area contributed by atoms with Crippen LogP contribution in [0.15, 0.2) is 41.8 Å². The summed E-state index contributed by atoms with van der Waals surface area (Å²) in [6, 6.07) is 10.8. The van der Waals surface area contributed by atoms with Crippen LogP contribution >= 0.6 is 22.9 Å². The first-order valence-electron chi connectivity index (χ1n) is 5.57. The van der Waals surface area contributed by atoms with E-state index in [4.69, 9.17) is 11.6 Å². The van der Waals surface area contributed by atoms with Crippen LogP contribution in [0.5, 0.6) is 0 Å². The normalized spacial score (nSPS) is 9.32. The average Bonchev–Trinajstić information content (AvgIpc) is 2.89. The highest BCUT2D eigenvalue weighted by atomic mass is 35.5. The summed E-state index contributed by atoms with van der Waals surface area (Å²) in [5.74, 6) is 5.76. The molecule has 0 bridgehead atoms. The Kier molecular flexibility index (Phi) is 4.85. The fourth-order valence-corrected chi connectivity index (χ4v) is 2.13. The highest BCUT2D eigenvalue weighted by Crippen LogP contribution is 2.14. The largest absolute Gasteiger partial charge is 0.327 e. The van der Waals surface area contributed by atoms with Crippen LogP contribution in [0.3, 0.4) is 0 Å². The van der Waals surface area contributed by atoms with Gasteiger partial charge in [-0.1, -0.05) is 35.6 Å². The first kappa shape index (κ1) is 13.5. The monoisotopic (exact) mass is 290 g/mol. The van der Waals surface area contributed by atoms with E-state index in [-0.39, 0.29) is 12.6 Å². The number of amides is 2. The molecule has 0 radical (unpaired) electrons. The molecule has 5 heteroatoms. The van der Waals surface area contributed by atoms with Gasteiger partial charge in [-0.2, -0.15) is 0 Å². The van der Waals surface area contributed by atoms with Crippen LogP contribution in [0, 0.1) is 11.8 Å². The van der Waals surface area contributed by atoms with Gasteiger partial charge in [0.15, 0.2) is 0 Å². The molecule has 1 aromatic carbocycles. The second-order valence-corrected chi connectivity index (χ2v) is 4.92. The summed E-state index contributed by atoms with van der Waals surface area (Å²) in [7, 11) is 0. The molecule has 0 saturated heterocycles. The van der Waals surface area contributed by atoms with Crippen LogP contribution in [0.25, 0.3) is 0 Å². The van der Waals surface area contributed by atoms with E-state index in [2.05, 4.69) is 22.5 Å². The van der Waals surface area contributed by atoms with E-state index in [1.165, 1.54) is 11.3 Å². The Hall–Kier alpha value is -1.96. The highest BCUT2D eigenvalue weighted by molar-refractivity contribution is 7.14. The van der Waals surface area contributed by atoms with Crippen LogP contribution in [-0.2, 0) is 0 Å². The quantitative estimate of drug-likeness (QED) is 0.816. The number of halogens is 1. The summed E-state index contributed by atoms with van der Waals surface area (Å²) < 4.78 is 0. The first-order valence-corrected chi connectivity index (χ1v) is 6.83. The number of carbonyl (C=O) groups is 1. The average molecular weight is 291 g/mol. The van der Waals surface area contributed by atoms with E-state index in [0.29, 0.717) is 5.02 Å². The Morgan fingerprint density at radius 3 is 2.84 bits per heavy atom. The predicted molar refractivity (Wildman–Crippen MR) is 79.7 cm³/mol. The Morgan fingerprint density at radius 2 is 2.11 bits per heavy atom. The maximum atomic E-state index is 11.5. The molecule has 2 aromatic rings. The van der Waals surface area contributed by atoms with Crippen LogP contribution < -0.4 is 10.6 Å². The standard InChI is InChI=1S/C14H11ClN2OS/c15-12-7-2-1-5-11(12)6-3-9-16-14(18)17-13-8-4-10-19-13/h1-2,4-5,7-8,10H,9H2,(H2,16,17,18). The van der Waals surface area contributed by atoms with Crippen molar-refractivity contribution in [2.24, 2.45) is 0 Å². The van der Waals surface area contributed by atoms with E-state index in [0.717, 1.165) is 10.6 Å². The topological polar surface area (TPSA) is 41.1 Å². The van der Waals surface area contributed by atoms with Crippen molar-refractivity contribution in [2.45, 2.75) is 0 Å². The second kappa shape index (κ2) is 6.83. The van der Waals surface area contributed by atoms with Gasteiger partial charge in [0.1, 0.15) is 0 Å². The number of benzene rings is 1. The lowest BCUT2D eigenvalue weighted by Crippen LogP contribution is -2.28. The number of anilines is 1. The van der Waals surface area contributed by atoms with Crippen molar-refractivity contribution in [3.05, 3.63) is 52.4 Å². The van der Waals surface area contributed by atoms with Crippen LogP contribution in [0.2, 0.25) is 5.02 Å². The molecule has 0 aliphatic carbocycles. The van der Waals surface area contributed by atoms with Gasteiger partial charge < -0.3 is 5.32 Å². The van der Waals surface area contributed by atoms with Crippen molar-refractivity contribution in [1.82, 2.24) is 5.32 Å². The van der Waals surface area contributed by atoms with E-state index in [9.17, 15) is 4.79 Å². The maximum Gasteiger partial charge on any atom is 0.320 e. The SMILES string of the molecule is O=C(NCC#Cc1ccccc1Cl)Nc1cccs1. The fourth-order valence-electron chi connectivity index (χ4n) is 1.33. The zero-order chi connectivity index (χ0) is 13.5. The minimum Gasteiger partial charge on any atom is -0.327 e. The number of hydrogen-bond donors (Lipinski definition) is 2. The number of hydrogen-bond acceptors (Lipinski definition) is 2. The van der Waals surface area contributed by atoms with Crippen molar-refractivity contribution in [2.75, 3.05) is 11.9 Å². The van der Waals surface area contributed by atoms with Gasteiger partial charge in [-0.3, -0.25) is 5.32 Å². The molecular weight excluding hydrogens is 280 g/mol. The predicted octanol–water partition coefficient (Wildman–Crippen LogP) is 3.57. The third-order valence-corrected chi connectivity index (χ3v) is 3.31. The third kappa shape index (κ3) is 4.32. The van der Waals surface area contributed by atoms with Gasteiger partial charge in [-0.25, -0.2) is 4.79 Å². The van der Waals surface area contributed by atoms with Gasteiger partial charge >= 0.3 is 6.03 Å². The minimum atomic E-state index is -0.268. The second-order valence-electron chi connectivity index (χ2n) is 3.57. The van der Waals surface area contributed by atoms with Crippen molar-refractivity contribution < 1.29 is 4.79 Å². The van der Waals surface area contributed by atoms with Crippen LogP contribution in [-0.4, -0.2) is 12.6 Å². The van der Waals surface area contributed by atoms with Crippen molar-refractivity contribution >= 4 is 34.0 Å². The molecule has 1 heterocycles. The first-order chi connectivity index (χ1) is 9.25. The number of rotatable bonds is 2. The molecule has 0 aliphatic rings. The molecule has 0 aliphatic heterocycles. The summed E-state index contributed by atoms with van der Waals surface area (Å²) in [5, 5.41) is 8.66. The molecule has 1 aromatic heterocycles. The van der Waals surface area contributed by atoms with Crippen LogP contribution in [0.4, 0.5) is 9.80 Å². The molecule has 19 heavy (non-hydrogen) atoms. The van der Waals surface area contributed by atoms with Gasteiger partial charge in [0.25, 0.3) is 0 Å². The lowest BCUT2D eigenvalue weighted by molar-refractivity contribution is 0.253. The molecule has 0 saturated carbocycles. The summed E-state index contributed by atoms with van der Waals surface area (Å²) in [6.45, 7) is 0.266. The molecule has 0 fully saturated rings. The number of urea groups is 1. The fraction of sp³-hybridized carbons (Fsp3) is 0.0714. The van der Waals surface area contributed by atoms with E-state index in [1.807, 2.05) is 35.7 Å². The molecule has 0 spiro atoms. The Labute approximate surface area is 120 Å². The molecule has 2 N–H and O–H groups in total. The van der Waals surface area contributed by atoms with Gasteiger partial charge in [0.2, 0.25) is 0 Å². The zero-order valence-electron chi connectivity index (χ0n) is 9.94. The Morgan fingerprint density at radius 1 is 1.26 bits per heavy atom. The molecule has 0 unspecified atom stereocenters. The number of thiophene rings is 1. The number of carbonyl (C=O) groups excluding carboxylic acids is 1. The molecule has 96 valence electrons. The van der Waals surface area contributed by atoms with E-state index in [1.54, 1.807) is 6.07 Å². The van der Waals surface area contributed by atoms with Crippen molar-refractivity contribution in [1.29, 1.82) is 0 Å². The number of nitrogens with one attached hydrogen (secondary N) is 2. The molecule has 3 nitrogen and oxygen atoms in total. The Balaban J connectivity index is 1.81. The zero-order valence-corrected chi connectivity index (χ0v) is 11.5. The summed E-state index contributed by atoms with van der Waals surface area (Å²) in [6.07, 6.45) is 0. The highest BCUT2D eigenvalue weighted by Gasteiger charge is 1.99. The summed E-state index contributed by atoms with van der Waals surface area (Å²) >= 11 is 7.42. The summed E-state index contributed by atoms with van der Waals surface area (Å²) in [4.78, 5) is 11.5.